The molecule has 2 atom stereocenters. The van der Waals surface area contributed by atoms with E-state index in [9.17, 15) is 10.1 Å². The molecule has 0 bridgehead atoms. The van der Waals surface area contributed by atoms with Gasteiger partial charge >= 0.3 is 0 Å². The van der Waals surface area contributed by atoms with Crippen LogP contribution >= 0.6 is 34.2 Å². The fraction of sp³-hybridized carbons (Fsp3) is 0.421. The van der Waals surface area contributed by atoms with Gasteiger partial charge in [-0.25, -0.2) is 4.68 Å². The molecule has 2 aromatic rings. The predicted molar refractivity (Wildman–Crippen MR) is 112 cm³/mol. The molecule has 1 saturated heterocycles. The highest BCUT2D eigenvalue weighted by molar-refractivity contribution is 14.1. The Balaban J connectivity index is 1.98. The third-order valence-corrected chi connectivity index (χ3v) is 6.38. The first kappa shape index (κ1) is 20.3. The van der Waals surface area contributed by atoms with Crippen LogP contribution in [0.15, 0.2) is 23.0 Å². The summed E-state index contributed by atoms with van der Waals surface area (Å²) >= 11 is 8.36. The molecular weight excluding hydrogens is 479 g/mol. The lowest BCUT2D eigenvalue weighted by Crippen LogP contribution is -2.35. The summed E-state index contributed by atoms with van der Waals surface area (Å²) in [5.41, 5.74) is 2.15. The number of nitriles is 1. The SMILES string of the molecule is Cc1nn(C[C@@H]2CNCCO[C@H]2c2ccc(Cl)c(I)c2)c(=O)c(C#N)c1C. The molecule has 3 rings (SSSR count). The van der Waals surface area contributed by atoms with Crippen LogP contribution in [0.3, 0.4) is 0 Å². The van der Waals surface area contributed by atoms with Crippen molar-refractivity contribution in [3.63, 3.8) is 0 Å². The van der Waals surface area contributed by atoms with E-state index in [1.165, 1.54) is 4.68 Å². The monoisotopic (exact) mass is 498 g/mol. The van der Waals surface area contributed by atoms with Gasteiger partial charge in [-0.2, -0.15) is 10.4 Å². The zero-order chi connectivity index (χ0) is 19.6. The van der Waals surface area contributed by atoms with E-state index >= 15 is 0 Å². The third kappa shape index (κ3) is 4.35. The second kappa shape index (κ2) is 8.69. The first-order chi connectivity index (χ1) is 12.9. The zero-order valence-electron chi connectivity index (χ0n) is 15.1. The van der Waals surface area contributed by atoms with Crippen molar-refractivity contribution >= 4 is 34.2 Å². The molecule has 0 spiro atoms. The lowest BCUT2D eigenvalue weighted by atomic mass is 9.95. The third-order valence-electron chi connectivity index (χ3n) is 4.84. The predicted octanol–water partition coefficient (Wildman–Crippen LogP) is 2.97. The van der Waals surface area contributed by atoms with Crippen LogP contribution in [0.5, 0.6) is 0 Å². The zero-order valence-corrected chi connectivity index (χ0v) is 18.0. The van der Waals surface area contributed by atoms with E-state index in [2.05, 4.69) is 33.0 Å². The van der Waals surface area contributed by atoms with Crippen LogP contribution in [0.2, 0.25) is 5.02 Å². The quantitative estimate of drug-likeness (QED) is 0.658. The summed E-state index contributed by atoms with van der Waals surface area (Å²) in [5.74, 6) is -0.0108. The van der Waals surface area contributed by atoms with Crippen LogP contribution in [-0.4, -0.2) is 29.5 Å². The first-order valence-electron chi connectivity index (χ1n) is 8.68. The molecule has 0 unspecified atom stereocenters. The van der Waals surface area contributed by atoms with Crippen molar-refractivity contribution in [2.75, 3.05) is 19.7 Å². The van der Waals surface area contributed by atoms with Gasteiger partial charge in [0, 0.05) is 22.6 Å². The Kier molecular flexibility index (Phi) is 6.52. The van der Waals surface area contributed by atoms with Gasteiger partial charge in [-0.3, -0.25) is 4.79 Å². The number of benzene rings is 1. The van der Waals surface area contributed by atoms with E-state index in [4.69, 9.17) is 16.3 Å². The summed E-state index contributed by atoms with van der Waals surface area (Å²) in [6, 6.07) is 7.86. The Bertz CT molecular complexity index is 954. The van der Waals surface area contributed by atoms with Crippen molar-refractivity contribution in [1.29, 1.82) is 5.26 Å². The van der Waals surface area contributed by atoms with E-state index in [1.807, 2.05) is 31.2 Å². The maximum Gasteiger partial charge on any atom is 0.284 e. The second-order valence-electron chi connectivity index (χ2n) is 6.61. The fourth-order valence-corrected chi connectivity index (χ4v) is 3.91. The number of hydrogen-bond donors (Lipinski definition) is 1. The Morgan fingerprint density at radius 3 is 2.96 bits per heavy atom. The molecule has 142 valence electrons. The number of nitrogens with zero attached hydrogens (tertiary/aromatic N) is 3. The number of rotatable bonds is 3. The van der Waals surface area contributed by atoms with Gasteiger partial charge in [-0.1, -0.05) is 17.7 Å². The lowest BCUT2D eigenvalue weighted by Gasteiger charge is -2.26. The Hall–Kier alpha value is -1.47. The molecule has 6 nitrogen and oxygen atoms in total. The molecule has 1 aromatic heterocycles. The topological polar surface area (TPSA) is 79.9 Å². The molecule has 1 aliphatic rings. The average molecular weight is 499 g/mol. The minimum absolute atomic E-state index is 0.0108. The number of aryl methyl sites for hydroxylation is 1. The van der Waals surface area contributed by atoms with Crippen molar-refractivity contribution in [2.24, 2.45) is 5.92 Å². The normalized spacial score (nSPS) is 20.1. The van der Waals surface area contributed by atoms with Gasteiger partial charge in [0.1, 0.15) is 11.6 Å². The highest BCUT2D eigenvalue weighted by Crippen LogP contribution is 2.31. The van der Waals surface area contributed by atoms with Gasteiger partial charge in [-0.15, -0.1) is 0 Å². The number of halogens is 2. The maximum absolute atomic E-state index is 12.7. The summed E-state index contributed by atoms with van der Waals surface area (Å²) in [5, 5.41) is 17.8. The fourth-order valence-electron chi connectivity index (χ4n) is 3.26. The summed E-state index contributed by atoms with van der Waals surface area (Å²) in [6.45, 7) is 5.95. The van der Waals surface area contributed by atoms with Crippen LogP contribution in [0.25, 0.3) is 0 Å². The lowest BCUT2D eigenvalue weighted by molar-refractivity contribution is 0.0237. The van der Waals surface area contributed by atoms with Gasteiger partial charge in [-0.05, 0) is 59.7 Å². The first-order valence-corrected chi connectivity index (χ1v) is 10.1. The second-order valence-corrected chi connectivity index (χ2v) is 8.18. The molecule has 8 heteroatoms. The van der Waals surface area contributed by atoms with Gasteiger partial charge in [0.15, 0.2) is 0 Å². The van der Waals surface area contributed by atoms with Crippen LogP contribution in [0.1, 0.15) is 28.5 Å². The van der Waals surface area contributed by atoms with Crippen LogP contribution < -0.4 is 10.9 Å². The van der Waals surface area contributed by atoms with Crippen LogP contribution in [-0.2, 0) is 11.3 Å². The Labute approximate surface area is 176 Å². The summed E-state index contributed by atoms with van der Waals surface area (Å²) in [7, 11) is 0. The molecular formula is C19H20ClIN4O2. The largest absolute Gasteiger partial charge is 0.372 e. The van der Waals surface area contributed by atoms with Gasteiger partial charge in [0.2, 0.25) is 0 Å². The number of ether oxygens (including phenoxy) is 1. The summed E-state index contributed by atoms with van der Waals surface area (Å²) in [6.07, 6.45) is -0.188. The highest BCUT2D eigenvalue weighted by Gasteiger charge is 2.28. The van der Waals surface area contributed by atoms with Crippen molar-refractivity contribution in [3.05, 3.63) is 59.5 Å². The molecule has 0 amide bonds. The van der Waals surface area contributed by atoms with Crippen molar-refractivity contribution in [3.8, 4) is 6.07 Å². The molecule has 27 heavy (non-hydrogen) atoms. The summed E-state index contributed by atoms with van der Waals surface area (Å²) < 4.78 is 8.46. The van der Waals surface area contributed by atoms with Gasteiger partial charge < -0.3 is 10.1 Å². The van der Waals surface area contributed by atoms with E-state index in [0.717, 1.165) is 15.7 Å². The number of nitrogens with one attached hydrogen (secondary N) is 1. The van der Waals surface area contributed by atoms with Crippen molar-refractivity contribution < 1.29 is 4.74 Å². The molecule has 0 radical (unpaired) electrons. The van der Waals surface area contributed by atoms with Crippen molar-refractivity contribution in [2.45, 2.75) is 26.5 Å². The summed E-state index contributed by atoms with van der Waals surface area (Å²) in [4.78, 5) is 12.7. The average Bonchev–Trinajstić information content (AvgIpc) is 2.88. The standard InChI is InChI=1S/C19H20ClIN4O2/c1-11-12(2)24-25(19(26)15(11)8-22)10-14-9-23-5-6-27-18(14)13-3-4-16(20)17(21)7-13/h3-4,7,14,18,23H,5-6,9-10H2,1-2H3/t14-,18-/m0/s1. The van der Waals surface area contributed by atoms with Crippen LogP contribution in [0, 0.1) is 34.7 Å². The minimum Gasteiger partial charge on any atom is -0.372 e. The smallest absolute Gasteiger partial charge is 0.284 e. The number of hydrogen-bond acceptors (Lipinski definition) is 5. The molecule has 1 aliphatic heterocycles. The highest BCUT2D eigenvalue weighted by atomic mass is 127. The van der Waals surface area contributed by atoms with E-state index < -0.39 is 0 Å². The van der Waals surface area contributed by atoms with E-state index in [0.29, 0.717) is 36.0 Å². The van der Waals surface area contributed by atoms with Crippen LogP contribution in [0.4, 0.5) is 0 Å². The molecule has 1 fully saturated rings. The van der Waals surface area contributed by atoms with Gasteiger partial charge in [0.05, 0.1) is 30.0 Å². The minimum atomic E-state index is -0.353. The Morgan fingerprint density at radius 1 is 1.48 bits per heavy atom. The van der Waals surface area contributed by atoms with Gasteiger partial charge in [0.25, 0.3) is 5.56 Å². The maximum atomic E-state index is 12.7. The molecule has 0 aliphatic carbocycles. The number of aromatic nitrogens is 2. The molecule has 1 N–H and O–H groups in total. The van der Waals surface area contributed by atoms with E-state index in [-0.39, 0.29) is 23.1 Å². The molecule has 1 aromatic carbocycles. The van der Waals surface area contributed by atoms with E-state index in [1.54, 1.807) is 6.92 Å². The molecule has 2 heterocycles. The molecule has 0 saturated carbocycles. The van der Waals surface area contributed by atoms with Crippen molar-refractivity contribution in [1.82, 2.24) is 15.1 Å². The Morgan fingerprint density at radius 2 is 2.26 bits per heavy atom.